The molecule has 1 aromatic carbocycles. The number of hydrogen-bond donors (Lipinski definition) is 1. The van der Waals surface area contributed by atoms with Crippen LogP contribution in [0.25, 0.3) is 0 Å². The molecule has 0 aliphatic heterocycles. The molecule has 0 aliphatic carbocycles. The quantitative estimate of drug-likeness (QED) is 0.887. The number of rotatable bonds is 4. The molecular weight excluding hydrogens is 224 g/mol. The lowest BCUT2D eigenvalue weighted by Gasteiger charge is -2.22. The maximum atomic E-state index is 12.0. The summed E-state index contributed by atoms with van der Waals surface area (Å²) in [5.74, 6) is -0.00280. The van der Waals surface area contributed by atoms with Gasteiger partial charge in [0.25, 0.3) is 0 Å². The fourth-order valence-electron chi connectivity index (χ4n) is 1.99. The van der Waals surface area contributed by atoms with E-state index in [1.807, 2.05) is 14.0 Å². The highest BCUT2D eigenvalue weighted by Gasteiger charge is 2.17. The second kappa shape index (κ2) is 6.01. The van der Waals surface area contributed by atoms with E-state index in [0.717, 1.165) is 0 Å². The summed E-state index contributed by atoms with van der Waals surface area (Å²) in [6.45, 7) is 9.26. The van der Waals surface area contributed by atoms with Crippen LogP contribution in [0, 0.1) is 26.7 Å². The zero-order valence-corrected chi connectivity index (χ0v) is 12.1. The summed E-state index contributed by atoms with van der Waals surface area (Å²) >= 11 is 0. The Bertz CT molecular complexity index is 440. The van der Waals surface area contributed by atoms with Gasteiger partial charge in [-0.2, -0.15) is 0 Å². The molecule has 0 aromatic heterocycles. The number of aryl methyl sites for hydroxylation is 1. The van der Waals surface area contributed by atoms with E-state index in [0.29, 0.717) is 13.1 Å². The lowest BCUT2D eigenvalue weighted by molar-refractivity contribution is -0.133. The normalized spacial score (nSPS) is 12.3. The molecule has 1 unspecified atom stereocenters. The van der Waals surface area contributed by atoms with E-state index in [2.05, 4.69) is 32.9 Å². The third kappa shape index (κ3) is 3.10. The van der Waals surface area contributed by atoms with Crippen molar-refractivity contribution >= 4 is 5.91 Å². The van der Waals surface area contributed by atoms with Gasteiger partial charge in [-0.15, -0.1) is 0 Å². The lowest BCUT2D eigenvalue weighted by Crippen LogP contribution is -2.34. The van der Waals surface area contributed by atoms with Crippen LogP contribution in [0.2, 0.25) is 0 Å². The molecule has 0 spiro atoms. The molecule has 0 saturated heterocycles. The van der Waals surface area contributed by atoms with Crippen LogP contribution in [0.1, 0.15) is 29.2 Å². The molecular formula is C15H24N2O. The molecule has 1 aromatic rings. The summed E-state index contributed by atoms with van der Waals surface area (Å²) in [6.07, 6.45) is 0. The van der Waals surface area contributed by atoms with Gasteiger partial charge in [-0.05, 0) is 43.0 Å². The van der Waals surface area contributed by atoms with E-state index in [1.54, 1.807) is 4.90 Å². The molecule has 0 heterocycles. The summed E-state index contributed by atoms with van der Waals surface area (Å²) < 4.78 is 0. The molecule has 1 atom stereocenters. The Morgan fingerprint density at radius 2 is 1.89 bits per heavy atom. The van der Waals surface area contributed by atoms with Crippen LogP contribution in [-0.2, 0) is 11.3 Å². The van der Waals surface area contributed by atoms with Crippen molar-refractivity contribution in [3.8, 4) is 0 Å². The van der Waals surface area contributed by atoms with Crippen molar-refractivity contribution in [2.24, 2.45) is 11.7 Å². The predicted molar refractivity (Wildman–Crippen MR) is 75.3 cm³/mol. The zero-order valence-electron chi connectivity index (χ0n) is 12.1. The third-order valence-corrected chi connectivity index (χ3v) is 3.73. The average Bonchev–Trinajstić information content (AvgIpc) is 2.37. The molecule has 0 fully saturated rings. The zero-order chi connectivity index (χ0) is 13.9. The average molecular weight is 248 g/mol. The first-order valence-corrected chi connectivity index (χ1v) is 6.39. The Kier molecular flexibility index (Phi) is 4.91. The van der Waals surface area contributed by atoms with E-state index in [9.17, 15) is 4.79 Å². The molecule has 0 bridgehead atoms. The first kappa shape index (κ1) is 14.7. The number of nitrogens with zero attached hydrogens (tertiary/aromatic N) is 1. The van der Waals surface area contributed by atoms with Crippen LogP contribution >= 0.6 is 0 Å². The number of amides is 1. The molecule has 3 nitrogen and oxygen atoms in total. The van der Waals surface area contributed by atoms with E-state index >= 15 is 0 Å². The van der Waals surface area contributed by atoms with Crippen LogP contribution in [0.3, 0.4) is 0 Å². The maximum absolute atomic E-state index is 12.0. The fraction of sp³-hybridized carbons (Fsp3) is 0.533. The number of carbonyl (C=O) groups is 1. The summed E-state index contributed by atoms with van der Waals surface area (Å²) in [6, 6.07) is 4.22. The van der Waals surface area contributed by atoms with Gasteiger partial charge in [0.1, 0.15) is 0 Å². The van der Waals surface area contributed by atoms with Gasteiger partial charge in [0.2, 0.25) is 5.91 Å². The van der Waals surface area contributed by atoms with Gasteiger partial charge >= 0.3 is 0 Å². The maximum Gasteiger partial charge on any atom is 0.226 e. The highest BCUT2D eigenvalue weighted by atomic mass is 16.2. The van der Waals surface area contributed by atoms with Crippen LogP contribution in [0.4, 0.5) is 0 Å². The molecule has 1 amide bonds. The molecule has 0 saturated carbocycles. The van der Waals surface area contributed by atoms with E-state index in [-0.39, 0.29) is 11.8 Å². The van der Waals surface area contributed by atoms with Crippen molar-refractivity contribution in [2.45, 2.75) is 34.2 Å². The van der Waals surface area contributed by atoms with Crippen molar-refractivity contribution in [3.05, 3.63) is 34.4 Å². The van der Waals surface area contributed by atoms with Gasteiger partial charge in [0.05, 0.1) is 0 Å². The lowest BCUT2D eigenvalue weighted by atomic mass is 9.98. The van der Waals surface area contributed by atoms with Gasteiger partial charge in [0.15, 0.2) is 0 Å². The van der Waals surface area contributed by atoms with Crippen LogP contribution in [-0.4, -0.2) is 24.4 Å². The first-order chi connectivity index (χ1) is 8.38. The van der Waals surface area contributed by atoms with Crippen molar-refractivity contribution in [3.63, 3.8) is 0 Å². The highest BCUT2D eigenvalue weighted by Crippen LogP contribution is 2.18. The molecule has 100 valence electrons. The van der Waals surface area contributed by atoms with E-state index in [4.69, 9.17) is 5.73 Å². The topological polar surface area (TPSA) is 46.3 Å². The van der Waals surface area contributed by atoms with Crippen LogP contribution in [0.15, 0.2) is 12.1 Å². The summed E-state index contributed by atoms with van der Waals surface area (Å²) in [4.78, 5) is 13.7. The molecule has 1 rings (SSSR count). The SMILES string of the molecule is Cc1ccc(CN(C)C(=O)C(C)CN)c(C)c1C. The van der Waals surface area contributed by atoms with Crippen LogP contribution < -0.4 is 5.73 Å². The summed E-state index contributed by atoms with van der Waals surface area (Å²) in [5, 5.41) is 0. The fourth-order valence-corrected chi connectivity index (χ4v) is 1.99. The van der Waals surface area contributed by atoms with Gasteiger partial charge in [-0.3, -0.25) is 4.79 Å². The van der Waals surface area contributed by atoms with Crippen molar-refractivity contribution in [2.75, 3.05) is 13.6 Å². The number of nitrogens with two attached hydrogens (primary N) is 1. The number of carbonyl (C=O) groups excluding carboxylic acids is 1. The third-order valence-electron chi connectivity index (χ3n) is 3.73. The first-order valence-electron chi connectivity index (χ1n) is 6.39. The monoisotopic (exact) mass is 248 g/mol. The minimum absolute atomic E-state index is 0.107. The number of hydrogen-bond acceptors (Lipinski definition) is 2. The predicted octanol–water partition coefficient (Wildman–Crippen LogP) is 2.17. The Hall–Kier alpha value is -1.35. The molecule has 0 aliphatic rings. The highest BCUT2D eigenvalue weighted by molar-refractivity contribution is 5.78. The van der Waals surface area contributed by atoms with Gasteiger partial charge in [-0.1, -0.05) is 19.1 Å². The molecule has 2 N–H and O–H groups in total. The van der Waals surface area contributed by atoms with E-state index < -0.39 is 0 Å². The standard InChI is InChI=1S/C15H24N2O/c1-10-6-7-14(13(4)12(10)3)9-17(5)15(18)11(2)8-16/h6-7,11H,8-9,16H2,1-5H3. The smallest absolute Gasteiger partial charge is 0.226 e. The minimum Gasteiger partial charge on any atom is -0.341 e. The Morgan fingerprint density at radius 1 is 1.28 bits per heavy atom. The Labute approximate surface area is 110 Å². The molecule has 0 radical (unpaired) electrons. The van der Waals surface area contributed by atoms with E-state index in [1.165, 1.54) is 22.3 Å². The van der Waals surface area contributed by atoms with Gasteiger partial charge in [0, 0.05) is 26.1 Å². The summed E-state index contributed by atoms with van der Waals surface area (Å²) in [5.41, 5.74) is 10.6. The van der Waals surface area contributed by atoms with Crippen molar-refractivity contribution < 1.29 is 4.79 Å². The molecule has 18 heavy (non-hydrogen) atoms. The molecule has 3 heteroatoms. The van der Waals surface area contributed by atoms with Gasteiger partial charge < -0.3 is 10.6 Å². The Morgan fingerprint density at radius 3 is 2.44 bits per heavy atom. The number of benzene rings is 1. The largest absolute Gasteiger partial charge is 0.341 e. The minimum atomic E-state index is -0.109. The van der Waals surface area contributed by atoms with Gasteiger partial charge in [-0.25, -0.2) is 0 Å². The Balaban J connectivity index is 2.86. The summed E-state index contributed by atoms with van der Waals surface area (Å²) in [7, 11) is 1.84. The van der Waals surface area contributed by atoms with Crippen LogP contribution in [0.5, 0.6) is 0 Å². The second-order valence-corrected chi connectivity index (χ2v) is 5.12. The van der Waals surface area contributed by atoms with Crippen molar-refractivity contribution in [1.82, 2.24) is 4.90 Å². The second-order valence-electron chi connectivity index (χ2n) is 5.12. The van der Waals surface area contributed by atoms with Crippen molar-refractivity contribution in [1.29, 1.82) is 0 Å².